The number of hydrogen-bond donors (Lipinski definition) is 2. The van der Waals surface area contributed by atoms with E-state index in [9.17, 15) is 4.79 Å². The standard InChI is InChI=1S/C16H22N4O2S2/c1-4-9-17-15-19-20-16(24-15)23-11(2)14(21)18-10-12-7-5-6-8-13(12)22-3/h5-8,11H,4,9-10H2,1-3H3,(H,17,19)(H,18,21). The van der Waals surface area contributed by atoms with Crippen molar-refractivity contribution in [2.75, 3.05) is 19.0 Å². The second kappa shape index (κ2) is 9.48. The molecule has 1 heterocycles. The number of carbonyl (C=O) groups is 1. The number of aromatic nitrogens is 2. The lowest BCUT2D eigenvalue weighted by atomic mass is 10.2. The van der Waals surface area contributed by atoms with Crippen LogP contribution in [0, 0.1) is 0 Å². The zero-order valence-corrected chi connectivity index (χ0v) is 15.7. The van der Waals surface area contributed by atoms with Crippen LogP contribution in [0.25, 0.3) is 0 Å². The molecule has 0 aliphatic carbocycles. The molecular weight excluding hydrogens is 344 g/mol. The summed E-state index contributed by atoms with van der Waals surface area (Å²) in [5, 5.41) is 14.9. The molecule has 0 saturated heterocycles. The van der Waals surface area contributed by atoms with Crippen molar-refractivity contribution >= 4 is 34.1 Å². The average Bonchev–Trinajstić information content (AvgIpc) is 3.05. The van der Waals surface area contributed by atoms with Crippen LogP contribution in [-0.4, -0.2) is 35.0 Å². The zero-order chi connectivity index (χ0) is 17.4. The van der Waals surface area contributed by atoms with E-state index in [-0.39, 0.29) is 11.2 Å². The molecule has 2 rings (SSSR count). The van der Waals surface area contributed by atoms with E-state index in [1.54, 1.807) is 7.11 Å². The predicted octanol–water partition coefficient (Wildman–Crippen LogP) is 3.17. The Morgan fingerprint density at radius 2 is 2.17 bits per heavy atom. The van der Waals surface area contributed by atoms with Crippen LogP contribution in [0.2, 0.25) is 0 Å². The van der Waals surface area contributed by atoms with Gasteiger partial charge in [0.2, 0.25) is 11.0 Å². The Labute approximate surface area is 150 Å². The first-order valence-corrected chi connectivity index (χ1v) is 9.47. The number of carbonyl (C=O) groups excluding carboxylic acids is 1. The maximum atomic E-state index is 12.3. The molecule has 1 atom stereocenters. The lowest BCUT2D eigenvalue weighted by molar-refractivity contribution is -0.120. The van der Waals surface area contributed by atoms with E-state index in [1.165, 1.54) is 23.1 Å². The van der Waals surface area contributed by atoms with E-state index < -0.39 is 0 Å². The van der Waals surface area contributed by atoms with Crippen molar-refractivity contribution in [1.29, 1.82) is 0 Å². The number of hydrogen-bond acceptors (Lipinski definition) is 7. The molecule has 0 spiro atoms. The molecule has 130 valence electrons. The van der Waals surface area contributed by atoms with Gasteiger partial charge in [0.1, 0.15) is 5.75 Å². The van der Waals surface area contributed by atoms with Gasteiger partial charge in [-0.05, 0) is 19.4 Å². The zero-order valence-electron chi connectivity index (χ0n) is 14.0. The monoisotopic (exact) mass is 366 g/mol. The number of rotatable bonds is 9. The third-order valence-electron chi connectivity index (χ3n) is 3.23. The molecule has 6 nitrogen and oxygen atoms in total. The number of amides is 1. The van der Waals surface area contributed by atoms with Gasteiger partial charge in [-0.3, -0.25) is 4.79 Å². The maximum Gasteiger partial charge on any atom is 0.233 e. The van der Waals surface area contributed by atoms with Crippen molar-refractivity contribution in [3.8, 4) is 5.75 Å². The molecule has 0 fully saturated rings. The SMILES string of the molecule is CCCNc1nnc(SC(C)C(=O)NCc2ccccc2OC)s1. The van der Waals surface area contributed by atoms with E-state index in [1.807, 2.05) is 31.2 Å². The van der Waals surface area contributed by atoms with Crippen LogP contribution < -0.4 is 15.4 Å². The van der Waals surface area contributed by atoms with Gasteiger partial charge in [0.25, 0.3) is 0 Å². The van der Waals surface area contributed by atoms with Gasteiger partial charge in [-0.25, -0.2) is 0 Å². The molecular formula is C16H22N4O2S2. The molecule has 2 aromatic rings. The quantitative estimate of drug-likeness (QED) is 0.664. The molecule has 0 aliphatic heterocycles. The summed E-state index contributed by atoms with van der Waals surface area (Å²) in [6.45, 7) is 5.27. The minimum absolute atomic E-state index is 0.0378. The largest absolute Gasteiger partial charge is 0.496 e. The van der Waals surface area contributed by atoms with Gasteiger partial charge in [0.05, 0.1) is 12.4 Å². The lowest BCUT2D eigenvalue weighted by Gasteiger charge is -2.12. The summed E-state index contributed by atoms with van der Waals surface area (Å²) in [5.41, 5.74) is 0.951. The molecule has 0 bridgehead atoms. The van der Waals surface area contributed by atoms with Gasteiger partial charge in [-0.2, -0.15) is 0 Å². The predicted molar refractivity (Wildman–Crippen MR) is 98.8 cm³/mol. The summed E-state index contributed by atoms with van der Waals surface area (Å²) in [4.78, 5) is 12.3. The molecule has 1 amide bonds. The van der Waals surface area contributed by atoms with Crippen molar-refractivity contribution < 1.29 is 9.53 Å². The van der Waals surface area contributed by atoms with Crippen LogP contribution in [0.4, 0.5) is 5.13 Å². The lowest BCUT2D eigenvalue weighted by Crippen LogP contribution is -2.30. The highest BCUT2D eigenvalue weighted by Crippen LogP contribution is 2.29. The van der Waals surface area contributed by atoms with Crippen molar-refractivity contribution in [1.82, 2.24) is 15.5 Å². The Balaban J connectivity index is 1.84. The second-order valence-corrected chi connectivity index (χ2v) is 7.66. The number of nitrogens with one attached hydrogen (secondary N) is 2. The summed E-state index contributed by atoms with van der Waals surface area (Å²) in [7, 11) is 1.62. The van der Waals surface area contributed by atoms with Gasteiger partial charge in [0, 0.05) is 18.7 Å². The summed E-state index contributed by atoms with van der Waals surface area (Å²) >= 11 is 2.88. The highest BCUT2D eigenvalue weighted by molar-refractivity contribution is 8.02. The first kappa shape index (κ1) is 18.5. The Morgan fingerprint density at radius 3 is 2.92 bits per heavy atom. The summed E-state index contributed by atoms with van der Waals surface area (Å²) in [6, 6.07) is 7.65. The molecule has 1 aromatic carbocycles. The van der Waals surface area contributed by atoms with Crippen LogP contribution in [0.3, 0.4) is 0 Å². The number of nitrogens with zero attached hydrogens (tertiary/aromatic N) is 2. The van der Waals surface area contributed by atoms with Gasteiger partial charge >= 0.3 is 0 Å². The molecule has 0 saturated carbocycles. The highest BCUT2D eigenvalue weighted by atomic mass is 32.2. The van der Waals surface area contributed by atoms with Gasteiger partial charge in [0.15, 0.2) is 4.34 Å². The van der Waals surface area contributed by atoms with Crippen LogP contribution in [0.5, 0.6) is 5.75 Å². The molecule has 8 heteroatoms. The number of thioether (sulfide) groups is 1. The van der Waals surface area contributed by atoms with Crippen LogP contribution >= 0.6 is 23.1 Å². The highest BCUT2D eigenvalue weighted by Gasteiger charge is 2.17. The van der Waals surface area contributed by atoms with Crippen molar-refractivity contribution in [2.24, 2.45) is 0 Å². The molecule has 0 aliphatic rings. The summed E-state index contributed by atoms with van der Waals surface area (Å²) < 4.78 is 6.07. The van der Waals surface area contributed by atoms with Crippen LogP contribution in [-0.2, 0) is 11.3 Å². The molecule has 2 N–H and O–H groups in total. The Hall–Kier alpha value is -1.80. The van der Waals surface area contributed by atoms with E-state index in [2.05, 4.69) is 27.8 Å². The van der Waals surface area contributed by atoms with E-state index in [0.29, 0.717) is 6.54 Å². The fourth-order valence-corrected chi connectivity index (χ4v) is 3.89. The number of para-hydroxylation sites is 1. The first-order valence-electron chi connectivity index (χ1n) is 7.77. The fraction of sp³-hybridized carbons (Fsp3) is 0.438. The van der Waals surface area contributed by atoms with Crippen molar-refractivity contribution in [3.63, 3.8) is 0 Å². The number of anilines is 1. The van der Waals surface area contributed by atoms with Gasteiger partial charge in [-0.1, -0.05) is 48.2 Å². The number of methoxy groups -OCH3 is 1. The molecule has 0 radical (unpaired) electrons. The summed E-state index contributed by atoms with van der Waals surface area (Å²) in [5.74, 6) is 0.734. The van der Waals surface area contributed by atoms with Crippen LogP contribution in [0.15, 0.2) is 28.6 Å². The number of benzene rings is 1. The minimum atomic E-state index is -0.244. The van der Waals surface area contributed by atoms with E-state index in [4.69, 9.17) is 4.74 Å². The normalized spacial score (nSPS) is 11.8. The van der Waals surface area contributed by atoms with Gasteiger partial charge < -0.3 is 15.4 Å². The molecule has 1 aromatic heterocycles. The first-order chi connectivity index (χ1) is 11.6. The van der Waals surface area contributed by atoms with E-state index in [0.717, 1.165) is 33.7 Å². The topological polar surface area (TPSA) is 76.1 Å². The Morgan fingerprint density at radius 1 is 1.38 bits per heavy atom. The number of ether oxygens (including phenoxy) is 1. The summed E-state index contributed by atoms with van der Waals surface area (Å²) in [6.07, 6.45) is 1.03. The van der Waals surface area contributed by atoms with Crippen molar-refractivity contribution in [2.45, 2.75) is 36.4 Å². The fourth-order valence-electron chi connectivity index (χ4n) is 1.94. The van der Waals surface area contributed by atoms with Gasteiger partial charge in [-0.15, -0.1) is 10.2 Å². The smallest absolute Gasteiger partial charge is 0.233 e. The van der Waals surface area contributed by atoms with Crippen molar-refractivity contribution in [3.05, 3.63) is 29.8 Å². The molecule has 1 unspecified atom stereocenters. The minimum Gasteiger partial charge on any atom is -0.496 e. The Kier molecular flexibility index (Phi) is 7.33. The third kappa shape index (κ3) is 5.38. The average molecular weight is 367 g/mol. The second-order valence-electron chi connectivity index (χ2n) is 5.09. The van der Waals surface area contributed by atoms with E-state index >= 15 is 0 Å². The maximum absolute atomic E-state index is 12.3. The third-order valence-corrected chi connectivity index (χ3v) is 5.29. The van der Waals surface area contributed by atoms with Crippen LogP contribution in [0.1, 0.15) is 25.8 Å². The Bertz CT molecular complexity index is 663. The molecule has 24 heavy (non-hydrogen) atoms.